The molecule has 5 nitrogen and oxygen atoms in total. The normalized spacial score (nSPS) is 14.3. The molecule has 0 atom stereocenters. The van der Waals surface area contributed by atoms with E-state index in [0.29, 0.717) is 0 Å². The molecular formula is C27H25N5. The Kier molecular flexibility index (Phi) is 4.62. The van der Waals surface area contributed by atoms with Gasteiger partial charge in [0.1, 0.15) is 5.82 Å². The number of para-hydroxylation sites is 1. The van der Waals surface area contributed by atoms with Gasteiger partial charge in [0.15, 0.2) is 0 Å². The maximum Gasteiger partial charge on any atom is 0.128 e. The molecule has 0 saturated carbocycles. The van der Waals surface area contributed by atoms with Gasteiger partial charge in [0.05, 0.1) is 11.2 Å². The molecule has 1 aliphatic heterocycles. The number of aromatic nitrogens is 3. The number of H-pyrrole nitrogens is 1. The van der Waals surface area contributed by atoms with E-state index in [2.05, 4.69) is 81.7 Å². The Morgan fingerprint density at radius 3 is 2.53 bits per heavy atom. The van der Waals surface area contributed by atoms with Gasteiger partial charge in [-0.15, -0.1) is 0 Å². The Labute approximate surface area is 187 Å². The van der Waals surface area contributed by atoms with Crippen molar-refractivity contribution < 1.29 is 0 Å². The zero-order valence-corrected chi connectivity index (χ0v) is 18.1. The summed E-state index contributed by atoms with van der Waals surface area (Å²) in [7, 11) is 0. The first kappa shape index (κ1) is 19.0. The van der Waals surface area contributed by atoms with Crippen molar-refractivity contribution in [1.29, 1.82) is 0 Å². The summed E-state index contributed by atoms with van der Waals surface area (Å²) in [6.07, 6.45) is 3.88. The average Bonchev–Trinajstić information content (AvgIpc) is 3.20. The van der Waals surface area contributed by atoms with E-state index in [1.807, 2.05) is 18.5 Å². The van der Waals surface area contributed by atoms with E-state index in [9.17, 15) is 0 Å². The number of aromatic amines is 1. The molecular weight excluding hydrogens is 394 g/mol. The van der Waals surface area contributed by atoms with Crippen LogP contribution in [-0.2, 0) is 0 Å². The molecule has 5 heteroatoms. The van der Waals surface area contributed by atoms with Gasteiger partial charge < -0.3 is 15.2 Å². The molecule has 2 N–H and O–H groups in total. The smallest absolute Gasteiger partial charge is 0.128 e. The Hall–Kier alpha value is -3.70. The van der Waals surface area contributed by atoms with Crippen LogP contribution in [0.1, 0.15) is 5.56 Å². The molecule has 0 radical (unpaired) electrons. The van der Waals surface area contributed by atoms with Gasteiger partial charge in [-0.1, -0.05) is 30.3 Å². The van der Waals surface area contributed by atoms with E-state index in [-0.39, 0.29) is 0 Å². The van der Waals surface area contributed by atoms with Crippen molar-refractivity contribution in [2.45, 2.75) is 6.92 Å². The van der Waals surface area contributed by atoms with Crippen molar-refractivity contribution in [1.82, 2.24) is 20.3 Å². The molecule has 6 rings (SSSR count). The third kappa shape index (κ3) is 3.22. The number of fused-ring (bicyclic) bond motifs is 2. The largest absolute Gasteiger partial charge is 0.354 e. The summed E-state index contributed by atoms with van der Waals surface area (Å²) in [5.74, 6) is 1.05. The maximum atomic E-state index is 4.76. The molecule has 4 heterocycles. The standard InChI is InChI=1S/C27H25N5/c1-18-21-8-6-19(22-10-11-29-24-5-3-2-4-23(22)24)16-25(21)31-27(18)20-7-9-26(30-17-20)32-14-12-28-13-15-32/h2-11,16-17,28,31H,12-15H2,1H3. The molecule has 3 aromatic heterocycles. The molecule has 0 unspecified atom stereocenters. The third-order valence-corrected chi connectivity index (χ3v) is 6.50. The van der Waals surface area contributed by atoms with Gasteiger partial charge in [0, 0.05) is 60.4 Å². The van der Waals surface area contributed by atoms with Crippen LogP contribution in [0.25, 0.3) is 44.2 Å². The van der Waals surface area contributed by atoms with Crippen LogP contribution in [0.3, 0.4) is 0 Å². The minimum absolute atomic E-state index is 1.00. The lowest BCUT2D eigenvalue weighted by molar-refractivity contribution is 0.585. The van der Waals surface area contributed by atoms with E-state index >= 15 is 0 Å². The highest BCUT2D eigenvalue weighted by molar-refractivity contribution is 5.98. The number of nitrogens with zero attached hydrogens (tertiary/aromatic N) is 3. The van der Waals surface area contributed by atoms with Crippen molar-refractivity contribution in [3.05, 3.63) is 78.6 Å². The van der Waals surface area contributed by atoms with Crippen molar-refractivity contribution >= 4 is 27.6 Å². The zero-order chi connectivity index (χ0) is 21.5. The SMILES string of the molecule is Cc1c(-c2ccc(N3CCNCC3)nc2)[nH]c2cc(-c3ccnc4ccccc34)ccc12. The molecule has 2 aromatic carbocycles. The highest BCUT2D eigenvalue weighted by Gasteiger charge is 2.14. The average molecular weight is 420 g/mol. The first-order valence-corrected chi connectivity index (χ1v) is 11.2. The molecule has 1 aliphatic rings. The van der Waals surface area contributed by atoms with Crippen LogP contribution in [-0.4, -0.2) is 41.1 Å². The number of piperazine rings is 1. The van der Waals surface area contributed by atoms with Gasteiger partial charge in [-0.2, -0.15) is 0 Å². The first-order chi connectivity index (χ1) is 15.8. The van der Waals surface area contributed by atoms with Crippen LogP contribution < -0.4 is 10.2 Å². The Morgan fingerprint density at radius 1 is 0.844 bits per heavy atom. The second-order valence-corrected chi connectivity index (χ2v) is 8.40. The third-order valence-electron chi connectivity index (χ3n) is 6.50. The van der Waals surface area contributed by atoms with Gasteiger partial charge in [0.25, 0.3) is 0 Å². The highest BCUT2D eigenvalue weighted by atomic mass is 15.2. The minimum Gasteiger partial charge on any atom is -0.354 e. The van der Waals surface area contributed by atoms with E-state index in [4.69, 9.17) is 4.98 Å². The summed E-state index contributed by atoms with van der Waals surface area (Å²) in [5.41, 5.74) is 8.06. The molecule has 1 fully saturated rings. The minimum atomic E-state index is 1.00. The van der Waals surface area contributed by atoms with Gasteiger partial charge in [-0.05, 0) is 53.9 Å². The topological polar surface area (TPSA) is 56.8 Å². The molecule has 5 aromatic rings. The molecule has 158 valence electrons. The van der Waals surface area contributed by atoms with Crippen LogP contribution in [0.15, 0.2) is 73.1 Å². The number of hydrogen-bond acceptors (Lipinski definition) is 4. The lowest BCUT2D eigenvalue weighted by Crippen LogP contribution is -2.43. The summed E-state index contributed by atoms with van der Waals surface area (Å²) in [6, 6.07) is 21.4. The predicted octanol–water partition coefficient (Wildman–Crippen LogP) is 5.16. The summed E-state index contributed by atoms with van der Waals surface area (Å²) in [5, 5.41) is 5.81. The van der Waals surface area contributed by atoms with Crippen molar-refractivity contribution in [3.8, 4) is 22.4 Å². The van der Waals surface area contributed by atoms with Gasteiger partial charge in [0.2, 0.25) is 0 Å². The molecule has 32 heavy (non-hydrogen) atoms. The first-order valence-electron chi connectivity index (χ1n) is 11.2. The van der Waals surface area contributed by atoms with Crippen molar-refractivity contribution in [2.75, 3.05) is 31.1 Å². The van der Waals surface area contributed by atoms with E-state index in [0.717, 1.165) is 54.3 Å². The maximum absolute atomic E-state index is 4.76. The number of hydrogen-bond donors (Lipinski definition) is 2. The fourth-order valence-electron chi connectivity index (χ4n) is 4.76. The van der Waals surface area contributed by atoms with Crippen molar-refractivity contribution in [3.63, 3.8) is 0 Å². The monoisotopic (exact) mass is 419 g/mol. The fraction of sp³-hybridized carbons (Fsp3) is 0.185. The van der Waals surface area contributed by atoms with Gasteiger partial charge in [-0.3, -0.25) is 4.98 Å². The molecule has 1 saturated heterocycles. The molecule has 0 aliphatic carbocycles. The highest BCUT2D eigenvalue weighted by Crippen LogP contribution is 2.34. The lowest BCUT2D eigenvalue weighted by atomic mass is 9.99. The van der Waals surface area contributed by atoms with Crippen LogP contribution >= 0.6 is 0 Å². The zero-order valence-electron chi connectivity index (χ0n) is 18.1. The quantitative estimate of drug-likeness (QED) is 0.424. The molecule has 0 amide bonds. The van der Waals surface area contributed by atoms with Crippen LogP contribution in [0.4, 0.5) is 5.82 Å². The second-order valence-electron chi connectivity index (χ2n) is 8.40. The summed E-state index contributed by atoms with van der Waals surface area (Å²) in [6.45, 7) is 6.22. The summed E-state index contributed by atoms with van der Waals surface area (Å²) in [4.78, 5) is 15.3. The number of benzene rings is 2. The number of rotatable bonds is 3. The summed E-state index contributed by atoms with van der Waals surface area (Å²) >= 11 is 0. The predicted molar refractivity (Wildman–Crippen MR) is 132 cm³/mol. The lowest BCUT2D eigenvalue weighted by Gasteiger charge is -2.28. The van der Waals surface area contributed by atoms with Gasteiger partial charge in [-0.25, -0.2) is 4.98 Å². The number of aryl methyl sites for hydroxylation is 1. The number of pyridine rings is 2. The Morgan fingerprint density at radius 2 is 1.69 bits per heavy atom. The summed E-state index contributed by atoms with van der Waals surface area (Å²) < 4.78 is 0. The van der Waals surface area contributed by atoms with Crippen LogP contribution in [0, 0.1) is 6.92 Å². The Bertz CT molecular complexity index is 1410. The van der Waals surface area contributed by atoms with Gasteiger partial charge >= 0.3 is 0 Å². The van der Waals surface area contributed by atoms with Crippen LogP contribution in [0.5, 0.6) is 0 Å². The van der Waals surface area contributed by atoms with E-state index < -0.39 is 0 Å². The van der Waals surface area contributed by atoms with Crippen molar-refractivity contribution in [2.24, 2.45) is 0 Å². The van der Waals surface area contributed by atoms with Crippen LogP contribution in [0.2, 0.25) is 0 Å². The van der Waals surface area contributed by atoms with E-state index in [1.54, 1.807) is 0 Å². The number of anilines is 1. The molecule has 0 spiro atoms. The fourth-order valence-corrected chi connectivity index (χ4v) is 4.76. The second kappa shape index (κ2) is 7.77. The number of nitrogens with one attached hydrogen (secondary N) is 2. The Balaban J connectivity index is 1.38. The van der Waals surface area contributed by atoms with E-state index in [1.165, 1.54) is 27.5 Å². The molecule has 0 bridgehead atoms.